The van der Waals surface area contributed by atoms with Crippen LogP contribution in [0.15, 0.2) is 54.6 Å². The summed E-state index contributed by atoms with van der Waals surface area (Å²) in [7, 11) is 0. The molecule has 4 heteroatoms. The van der Waals surface area contributed by atoms with Gasteiger partial charge in [0.15, 0.2) is 0 Å². The number of nitrogens with zero attached hydrogens (tertiary/aromatic N) is 2. The van der Waals surface area contributed by atoms with Crippen LogP contribution in [-0.2, 0) is 11.2 Å². The molecule has 4 nitrogen and oxygen atoms in total. The fourth-order valence-corrected chi connectivity index (χ4v) is 3.47. The lowest BCUT2D eigenvalue weighted by Gasteiger charge is -2.35. The van der Waals surface area contributed by atoms with Crippen LogP contribution in [0, 0.1) is 6.92 Å². The number of hydrogen-bond donors (Lipinski definition) is 0. The smallest absolute Gasteiger partial charge is 0.410 e. The largest absolute Gasteiger partial charge is 0.444 e. The van der Waals surface area contributed by atoms with Crippen molar-refractivity contribution < 1.29 is 9.53 Å². The van der Waals surface area contributed by atoms with Crippen LogP contribution in [0.1, 0.15) is 24.5 Å². The Morgan fingerprint density at radius 1 is 1.12 bits per heavy atom. The number of rotatable bonds is 7. The van der Waals surface area contributed by atoms with Crippen molar-refractivity contribution in [3.63, 3.8) is 0 Å². The van der Waals surface area contributed by atoms with Gasteiger partial charge in [-0.2, -0.15) is 0 Å². The molecule has 26 heavy (non-hydrogen) atoms. The van der Waals surface area contributed by atoms with Crippen molar-refractivity contribution in [2.75, 3.05) is 31.1 Å². The van der Waals surface area contributed by atoms with Gasteiger partial charge >= 0.3 is 6.09 Å². The number of para-hydroxylation sites is 1. The molecule has 0 radical (unpaired) electrons. The SMILES string of the molecule is CCN1CC[C@@H](CN(CCc2ccccc2)c2ccccc2C)OC1=O. The molecule has 0 bridgehead atoms. The summed E-state index contributed by atoms with van der Waals surface area (Å²) in [6.45, 7) is 7.25. The molecule has 1 saturated heterocycles. The van der Waals surface area contributed by atoms with Crippen molar-refractivity contribution >= 4 is 11.8 Å². The van der Waals surface area contributed by atoms with Crippen LogP contribution in [0.3, 0.4) is 0 Å². The average molecular weight is 352 g/mol. The van der Waals surface area contributed by atoms with Gasteiger partial charge in [-0.1, -0.05) is 48.5 Å². The van der Waals surface area contributed by atoms with E-state index in [1.807, 2.05) is 13.0 Å². The van der Waals surface area contributed by atoms with Gasteiger partial charge in [-0.3, -0.25) is 0 Å². The number of anilines is 1. The minimum absolute atomic E-state index is 0.0549. The quantitative estimate of drug-likeness (QED) is 0.746. The molecule has 1 amide bonds. The monoisotopic (exact) mass is 352 g/mol. The maximum absolute atomic E-state index is 12.1. The van der Waals surface area contributed by atoms with E-state index in [2.05, 4.69) is 60.4 Å². The Morgan fingerprint density at radius 3 is 2.54 bits per heavy atom. The summed E-state index contributed by atoms with van der Waals surface area (Å²) in [4.78, 5) is 16.2. The van der Waals surface area contributed by atoms with Crippen LogP contribution < -0.4 is 4.90 Å². The molecule has 0 saturated carbocycles. The molecule has 2 aromatic carbocycles. The van der Waals surface area contributed by atoms with Crippen LogP contribution in [0.2, 0.25) is 0 Å². The highest BCUT2D eigenvalue weighted by Crippen LogP contribution is 2.22. The van der Waals surface area contributed by atoms with Crippen LogP contribution in [0.4, 0.5) is 10.5 Å². The molecule has 3 rings (SSSR count). The fraction of sp³-hybridized carbons (Fsp3) is 0.409. The number of amides is 1. The van der Waals surface area contributed by atoms with Gasteiger partial charge in [-0.05, 0) is 37.5 Å². The van der Waals surface area contributed by atoms with Crippen molar-refractivity contribution in [1.29, 1.82) is 0 Å². The maximum Gasteiger partial charge on any atom is 0.410 e. The van der Waals surface area contributed by atoms with E-state index in [1.54, 1.807) is 4.90 Å². The molecule has 2 aromatic rings. The first-order valence-corrected chi connectivity index (χ1v) is 9.47. The highest BCUT2D eigenvalue weighted by atomic mass is 16.6. The van der Waals surface area contributed by atoms with Crippen molar-refractivity contribution in [3.05, 3.63) is 65.7 Å². The topological polar surface area (TPSA) is 32.8 Å². The number of aryl methyl sites for hydroxylation is 1. The molecule has 1 aliphatic rings. The first kappa shape index (κ1) is 18.3. The fourth-order valence-electron chi connectivity index (χ4n) is 3.47. The van der Waals surface area contributed by atoms with Gasteiger partial charge in [-0.25, -0.2) is 4.79 Å². The van der Waals surface area contributed by atoms with Crippen molar-refractivity contribution in [2.45, 2.75) is 32.8 Å². The molecule has 0 spiro atoms. The highest BCUT2D eigenvalue weighted by Gasteiger charge is 2.27. The molecule has 1 heterocycles. The molecule has 0 aromatic heterocycles. The second kappa shape index (κ2) is 8.75. The number of benzene rings is 2. The van der Waals surface area contributed by atoms with E-state index >= 15 is 0 Å². The Bertz CT molecular complexity index is 717. The molecular formula is C22H28N2O2. The Labute approximate surface area is 156 Å². The second-order valence-electron chi connectivity index (χ2n) is 6.84. The number of carbonyl (C=O) groups is 1. The zero-order valence-corrected chi connectivity index (χ0v) is 15.7. The van der Waals surface area contributed by atoms with Crippen molar-refractivity contribution in [3.8, 4) is 0 Å². The summed E-state index contributed by atoms with van der Waals surface area (Å²) < 4.78 is 5.68. The summed E-state index contributed by atoms with van der Waals surface area (Å²) in [5.41, 5.74) is 3.79. The van der Waals surface area contributed by atoms with Gasteiger partial charge in [0, 0.05) is 31.7 Å². The lowest BCUT2D eigenvalue weighted by Crippen LogP contribution is -2.46. The highest BCUT2D eigenvalue weighted by molar-refractivity contribution is 5.68. The van der Waals surface area contributed by atoms with E-state index in [-0.39, 0.29) is 12.2 Å². The minimum Gasteiger partial charge on any atom is -0.444 e. The zero-order valence-electron chi connectivity index (χ0n) is 15.7. The first-order valence-electron chi connectivity index (χ1n) is 9.47. The second-order valence-corrected chi connectivity index (χ2v) is 6.84. The van der Waals surface area contributed by atoms with Gasteiger partial charge in [0.2, 0.25) is 0 Å². The standard InChI is InChI=1S/C22H28N2O2/c1-3-23-16-14-20(26-22(23)25)17-24(21-12-8-7-9-18(21)2)15-13-19-10-5-4-6-11-19/h4-12,20H,3,13-17H2,1-2H3/t20-/m0/s1. The number of ether oxygens (including phenoxy) is 1. The summed E-state index contributed by atoms with van der Waals surface area (Å²) in [6, 6.07) is 19.0. The summed E-state index contributed by atoms with van der Waals surface area (Å²) >= 11 is 0. The van der Waals surface area contributed by atoms with Crippen LogP contribution in [-0.4, -0.2) is 43.3 Å². The van der Waals surface area contributed by atoms with Crippen molar-refractivity contribution in [1.82, 2.24) is 4.90 Å². The maximum atomic E-state index is 12.1. The molecule has 0 aliphatic carbocycles. The number of cyclic esters (lactones) is 1. The van der Waals surface area contributed by atoms with Crippen LogP contribution >= 0.6 is 0 Å². The Kier molecular flexibility index (Phi) is 6.16. The number of hydrogen-bond acceptors (Lipinski definition) is 3. The van der Waals surface area contributed by atoms with Gasteiger partial charge in [0.25, 0.3) is 0 Å². The molecule has 1 atom stereocenters. The third kappa shape index (κ3) is 4.57. The third-order valence-electron chi connectivity index (χ3n) is 5.02. The van der Waals surface area contributed by atoms with E-state index < -0.39 is 0 Å². The number of carbonyl (C=O) groups excluding carboxylic acids is 1. The molecular weight excluding hydrogens is 324 g/mol. The Balaban J connectivity index is 1.71. The van der Waals surface area contributed by atoms with Gasteiger partial charge in [-0.15, -0.1) is 0 Å². The zero-order chi connectivity index (χ0) is 18.4. The lowest BCUT2D eigenvalue weighted by molar-refractivity contribution is 0.0300. The first-order chi connectivity index (χ1) is 12.7. The summed E-state index contributed by atoms with van der Waals surface area (Å²) in [5, 5.41) is 0. The van der Waals surface area contributed by atoms with E-state index in [0.717, 1.165) is 32.5 Å². The predicted octanol–water partition coefficient (Wildman–Crippen LogP) is 4.27. The molecule has 0 unspecified atom stereocenters. The normalized spacial score (nSPS) is 17.1. The summed E-state index contributed by atoms with van der Waals surface area (Å²) in [5.74, 6) is 0. The van der Waals surface area contributed by atoms with Gasteiger partial charge < -0.3 is 14.5 Å². The van der Waals surface area contributed by atoms with E-state index in [1.165, 1.54) is 16.8 Å². The predicted molar refractivity (Wildman–Crippen MR) is 106 cm³/mol. The Hall–Kier alpha value is -2.49. The lowest BCUT2D eigenvalue weighted by atomic mass is 10.1. The molecule has 0 N–H and O–H groups in total. The molecule has 1 fully saturated rings. The van der Waals surface area contributed by atoms with E-state index in [0.29, 0.717) is 6.54 Å². The molecule has 138 valence electrons. The van der Waals surface area contributed by atoms with E-state index in [4.69, 9.17) is 4.74 Å². The van der Waals surface area contributed by atoms with E-state index in [9.17, 15) is 4.79 Å². The average Bonchev–Trinajstić information content (AvgIpc) is 2.67. The Morgan fingerprint density at radius 2 is 1.85 bits per heavy atom. The summed E-state index contributed by atoms with van der Waals surface area (Å²) in [6.07, 6.45) is 1.61. The van der Waals surface area contributed by atoms with Gasteiger partial charge in [0.05, 0.1) is 6.54 Å². The van der Waals surface area contributed by atoms with Gasteiger partial charge in [0.1, 0.15) is 6.10 Å². The molecule has 1 aliphatic heterocycles. The van der Waals surface area contributed by atoms with Crippen LogP contribution in [0.5, 0.6) is 0 Å². The van der Waals surface area contributed by atoms with Crippen molar-refractivity contribution in [2.24, 2.45) is 0 Å². The third-order valence-corrected chi connectivity index (χ3v) is 5.02. The minimum atomic E-state index is -0.184. The van der Waals surface area contributed by atoms with Crippen LogP contribution in [0.25, 0.3) is 0 Å².